The predicted octanol–water partition coefficient (Wildman–Crippen LogP) is 0.587. The molecule has 1 aromatic heterocycles. The first kappa shape index (κ1) is 13.7. The fraction of sp³-hybridized carbons (Fsp3) is 0.600. The molecule has 0 unspecified atom stereocenters. The molecule has 0 saturated carbocycles. The lowest BCUT2D eigenvalue weighted by atomic mass is 10.3. The van der Waals surface area contributed by atoms with Crippen molar-refractivity contribution in [1.29, 1.82) is 5.26 Å². The molecule has 0 spiro atoms. The largest absolute Gasteiger partial charge is 0.383 e. The zero-order valence-corrected chi connectivity index (χ0v) is 10.9. The minimum absolute atomic E-state index is 0.299. The van der Waals surface area contributed by atoms with Gasteiger partial charge in [0.25, 0.3) is 0 Å². The van der Waals surface area contributed by atoms with Gasteiger partial charge in [-0.3, -0.25) is 0 Å². The summed E-state index contributed by atoms with van der Waals surface area (Å²) < 4.78 is 8.92. The van der Waals surface area contributed by atoms with Crippen LogP contribution in [0.2, 0.25) is 0 Å². The number of nitriles is 1. The van der Waals surface area contributed by atoms with Crippen molar-refractivity contribution in [3.8, 4) is 6.07 Å². The molecule has 0 atom stereocenters. The molecule has 0 aliphatic carbocycles. The topological polar surface area (TPSA) is 87.2 Å². The molecule has 94 valence electrons. The number of aromatic nitrogens is 1. The molecular formula is C10H17N5OS. The van der Waals surface area contributed by atoms with Crippen LogP contribution in [0.3, 0.4) is 0 Å². The van der Waals surface area contributed by atoms with E-state index in [1.54, 1.807) is 7.11 Å². The van der Waals surface area contributed by atoms with Gasteiger partial charge in [0.2, 0.25) is 0 Å². The van der Waals surface area contributed by atoms with Crippen molar-refractivity contribution >= 4 is 22.4 Å². The molecular weight excluding hydrogens is 238 g/mol. The van der Waals surface area contributed by atoms with E-state index in [1.165, 1.54) is 11.5 Å². The Labute approximate surface area is 105 Å². The molecule has 7 heteroatoms. The average Bonchev–Trinajstić information content (AvgIpc) is 2.67. The van der Waals surface area contributed by atoms with Crippen LogP contribution in [-0.2, 0) is 4.74 Å². The molecule has 3 N–H and O–H groups in total. The van der Waals surface area contributed by atoms with Gasteiger partial charge in [0.15, 0.2) is 5.82 Å². The predicted molar refractivity (Wildman–Crippen MR) is 69.1 cm³/mol. The van der Waals surface area contributed by atoms with Crippen LogP contribution in [-0.4, -0.2) is 49.7 Å². The van der Waals surface area contributed by atoms with Crippen LogP contribution in [0.4, 0.5) is 10.8 Å². The second-order valence-corrected chi connectivity index (χ2v) is 4.38. The fourth-order valence-electron chi connectivity index (χ4n) is 1.25. The number of anilines is 2. The Balaban J connectivity index is 2.33. The van der Waals surface area contributed by atoms with Crippen molar-refractivity contribution in [2.45, 2.75) is 0 Å². The van der Waals surface area contributed by atoms with E-state index in [-0.39, 0.29) is 0 Å². The SMILES string of the molecule is COCCN(C)CCNc1snc(N)c1C#N. The first-order chi connectivity index (χ1) is 8.19. The molecule has 0 aromatic carbocycles. The molecule has 0 amide bonds. The van der Waals surface area contributed by atoms with Crippen molar-refractivity contribution in [3.05, 3.63) is 5.56 Å². The van der Waals surface area contributed by atoms with Gasteiger partial charge in [-0.25, -0.2) is 0 Å². The molecule has 1 aromatic rings. The summed E-state index contributed by atoms with van der Waals surface area (Å²) in [6.45, 7) is 3.21. The highest BCUT2D eigenvalue weighted by atomic mass is 32.1. The maximum Gasteiger partial charge on any atom is 0.157 e. The summed E-state index contributed by atoms with van der Waals surface area (Å²) in [4.78, 5) is 2.15. The van der Waals surface area contributed by atoms with E-state index in [2.05, 4.69) is 14.6 Å². The van der Waals surface area contributed by atoms with Crippen LogP contribution >= 0.6 is 11.5 Å². The highest BCUT2D eigenvalue weighted by Gasteiger charge is 2.10. The van der Waals surface area contributed by atoms with Crippen molar-refractivity contribution in [2.24, 2.45) is 0 Å². The van der Waals surface area contributed by atoms with E-state index in [1.807, 2.05) is 13.1 Å². The summed E-state index contributed by atoms with van der Waals surface area (Å²) in [5, 5.41) is 12.8. The summed E-state index contributed by atoms with van der Waals surface area (Å²) in [6, 6.07) is 2.04. The number of rotatable bonds is 7. The number of ether oxygens (including phenoxy) is 1. The summed E-state index contributed by atoms with van der Waals surface area (Å²) in [7, 11) is 3.71. The van der Waals surface area contributed by atoms with Crippen LogP contribution in [0.5, 0.6) is 0 Å². The van der Waals surface area contributed by atoms with Gasteiger partial charge in [-0.15, -0.1) is 0 Å². The zero-order chi connectivity index (χ0) is 12.7. The molecule has 0 aliphatic rings. The number of nitrogens with zero attached hydrogens (tertiary/aromatic N) is 3. The van der Waals surface area contributed by atoms with Crippen LogP contribution in [0.25, 0.3) is 0 Å². The normalized spacial score (nSPS) is 10.5. The molecule has 0 fully saturated rings. The molecule has 6 nitrogen and oxygen atoms in total. The van der Waals surface area contributed by atoms with E-state index in [0.29, 0.717) is 18.0 Å². The van der Waals surface area contributed by atoms with E-state index in [9.17, 15) is 0 Å². The first-order valence-corrected chi connectivity index (χ1v) is 6.03. The fourth-order valence-corrected chi connectivity index (χ4v) is 1.94. The Hall–Kier alpha value is -1.36. The van der Waals surface area contributed by atoms with Crippen molar-refractivity contribution in [3.63, 3.8) is 0 Å². The van der Waals surface area contributed by atoms with E-state index >= 15 is 0 Å². The van der Waals surface area contributed by atoms with E-state index in [0.717, 1.165) is 24.6 Å². The first-order valence-electron chi connectivity index (χ1n) is 5.25. The number of nitrogens with two attached hydrogens (primary N) is 1. The lowest BCUT2D eigenvalue weighted by Gasteiger charge is -2.16. The Morgan fingerprint density at radius 1 is 1.59 bits per heavy atom. The second kappa shape index (κ2) is 7.06. The second-order valence-electron chi connectivity index (χ2n) is 3.61. The number of nitrogens with one attached hydrogen (secondary N) is 1. The maximum absolute atomic E-state index is 8.88. The Kier molecular flexibility index (Phi) is 5.69. The minimum atomic E-state index is 0.299. The number of hydrogen-bond donors (Lipinski definition) is 2. The van der Waals surface area contributed by atoms with Gasteiger partial charge >= 0.3 is 0 Å². The highest BCUT2D eigenvalue weighted by molar-refractivity contribution is 7.10. The third kappa shape index (κ3) is 4.19. The molecule has 0 saturated heterocycles. The third-order valence-corrected chi connectivity index (χ3v) is 3.11. The van der Waals surface area contributed by atoms with Gasteiger partial charge in [0, 0.05) is 26.7 Å². The van der Waals surface area contributed by atoms with E-state index < -0.39 is 0 Å². The Morgan fingerprint density at radius 2 is 2.35 bits per heavy atom. The van der Waals surface area contributed by atoms with Gasteiger partial charge in [0.1, 0.15) is 16.6 Å². The van der Waals surface area contributed by atoms with Crippen molar-refractivity contribution in [1.82, 2.24) is 9.27 Å². The molecule has 0 bridgehead atoms. The Bertz CT molecular complexity index is 387. The van der Waals surface area contributed by atoms with E-state index in [4.69, 9.17) is 15.7 Å². The number of likely N-dealkylation sites (N-methyl/N-ethyl adjacent to an activating group) is 1. The average molecular weight is 255 g/mol. The molecule has 0 radical (unpaired) electrons. The van der Waals surface area contributed by atoms with Crippen LogP contribution in [0.15, 0.2) is 0 Å². The van der Waals surface area contributed by atoms with Crippen LogP contribution in [0, 0.1) is 11.3 Å². The van der Waals surface area contributed by atoms with Gasteiger partial charge < -0.3 is 20.7 Å². The van der Waals surface area contributed by atoms with Crippen molar-refractivity contribution in [2.75, 3.05) is 51.4 Å². The summed E-state index contributed by atoms with van der Waals surface area (Å²) >= 11 is 1.22. The monoisotopic (exact) mass is 255 g/mol. The van der Waals surface area contributed by atoms with Gasteiger partial charge in [0.05, 0.1) is 6.61 Å². The number of methoxy groups -OCH3 is 1. The van der Waals surface area contributed by atoms with Gasteiger partial charge in [-0.2, -0.15) is 9.64 Å². The van der Waals surface area contributed by atoms with Crippen LogP contribution in [0.1, 0.15) is 5.56 Å². The lowest BCUT2D eigenvalue weighted by Crippen LogP contribution is -2.28. The summed E-state index contributed by atoms with van der Waals surface area (Å²) in [5.74, 6) is 0.299. The smallest absolute Gasteiger partial charge is 0.157 e. The summed E-state index contributed by atoms with van der Waals surface area (Å²) in [6.07, 6.45) is 0. The zero-order valence-electron chi connectivity index (χ0n) is 10.1. The maximum atomic E-state index is 8.88. The van der Waals surface area contributed by atoms with Gasteiger partial charge in [-0.05, 0) is 18.6 Å². The molecule has 1 rings (SSSR count). The molecule has 1 heterocycles. The van der Waals surface area contributed by atoms with Gasteiger partial charge in [-0.1, -0.05) is 0 Å². The number of nitrogen functional groups attached to an aromatic ring is 1. The highest BCUT2D eigenvalue weighted by Crippen LogP contribution is 2.25. The quantitative estimate of drug-likeness (QED) is 0.741. The standard InChI is InChI=1S/C10H17N5OS/c1-15(5-6-16-2)4-3-13-10-8(7-11)9(12)14-17-10/h13H,3-6H2,1-2H3,(H2,12,14). The summed E-state index contributed by atoms with van der Waals surface area (Å²) in [5.41, 5.74) is 6.00. The molecule has 17 heavy (non-hydrogen) atoms. The third-order valence-electron chi connectivity index (χ3n) is 2.29. The lowest BCUT2D eigenvalue weighted by molar-refractivity contribution is 0.163. The minimum Gasteiger partial charge on any atom is -0.383 e. The molecule has 0 aliphatic heterocycles. The number of hydrogen-bond acceptors (Lipinski definition) is 7. The Morgan fingerprint density at radius 3 is 3.00 bits per heavy atom. The van der Waals surface area contributed by atoms with Crippen molar-refractivity contribution < 1.29 is 4.74 Å². The van der Waals surface area contributed by atoms with Crippen LogP contribution < -0.4 is 11.1 Å².